The number of benzene rings is 2. The summed E-state index contributed by atoms with van der Waals surface area (Å²) < 4.78 is 44.5. The maximum atomic E-state index is 13.1. The first kappa shape index (κ1) is 23.5. The number of carbonyl (C=O) groups is 1. The first-order valence-electron chi connectivity index (χ1n) is 11.0. The average molecular weight is 470 g/mol. The van der Waals surface area contributed by atoms with Crippen LogP contribution in [0.5, 0.6) is 5.75 Å². The first-order chi connectivity index (χ1) is 16.2. The lowest BCUT2D eigenvalue weighted by molar-refractivity contribution is -0.141. The predicted molar refractivity (Wildman–Crippen MR) is 123 cm³/mol. The number of alkyl halides is 3. The number of amides is 1. The summed E-state index contributed by atoms with van der Waals surface area (Å²) in [5.74, 6) is 0.0176. The van der Waals surface area contributed by atoms with Crippen LogP contribution in [-0.2, 0) is 11.0 Å². The van der Waals surface area contributed by atoms with Crippen LogP contribution in [0, 0.1) is 13.8 Å². The van der Waals surface area contributed by atoms with E-state index in [4.69, 9.17) is 4.74 Å². The summed E-state index contributed by atoms with van der Waals surface area (Å²) in [5, 5.41) is 8.71. The van der Waals surface area contributed by atoms with Gasteiger partial charge in [0, 0.05) is 31.7 Å². The van der Waals surface area contributed by atoms with E-state index in [9.17, 15) is 18.0 Å². The van der Waals surface area contributed by atoms with E-state index in [1.54, 1.807) is 4.90 Å². The van der Waals surface area contributed by atoms with Gasteiger partial charge in [0.1, 0.15) is 5.75 Å². The molecule has 0 bridgehead atoms. The van der Waals surface area contributed by atoms with Gasteiger partial charge in [-0.25, -0.2) is 0 Å². The minimum atomic E-state index is -4.54. The van der Waals surface area contributed by atoms with Crippen LogP contribution < -0.4 is 9.64 Å². The molecular weight excluding hydrogens is 445 g/mol. The van der Waals surface area contributed by atoms with E-state index in [2.05, 4.69) is 36.2 Å². The number of aryl methyl sites for hydroxylation is 2. The van der Waals surface area contributed by atoms with Crippen LogP contribution in [0.1, 0.15) is 16.7 Å². The molecule has 3 aromatic rings. The quantitative estimate of drug-likeness (QED) is 0.549. The van der Waals surface area contributed by atoms with Crippen LogP contribution in [0.2, 0.25) is 0 Å². The molecule has 0 saturated carbocycles. The molecule has 34 heavy (non-hydrogen) atoms. The number of halogens is 3. The van der Waals surface area contributed by atoms with Crippen molar-refractivity contribution in [2.24, 2.45) is 0 Å². The SMILES string of the molecule is Cc1ccc(-c2ccc(N3CCN(C(=O)COc4ccccc4C(F)(F)F)CC3)nn2)cc1C. The molecule has 1 aromatic heterocycles. The van der Waals surface area contributed by atoms with Crippen molar-refractivity contribution in [2.45, 2.75) is 20.0 Å². The summed E-state index contributed by atoms with van der Waals surface area (Å²) in [6.07, 6.45) is -4.54. The number of para-hydroxylation sites is 1. The number of aromatic nitrogens is 2. The van der Waals surface area contributed by atoms with Gasteiger partial charge < -0.3 is 14.5 Å². The van der Waals surface area contributed by atoms with Crippen LogP contribution >= 0.6 is 0 Å². The fourth-order valence-corrected chi connectivity index (χ4v) is 3.79. The summed E-state index contributed by atoms with van der Waals surface area (Å²) in [5.41, 5.74) is 3.31. The highest BCUT2D eigenvalue weighted by molar-refractivity contribution is 5.78. The Morgan fingerprint density at radius 1 is 0.941 bits per heavy atom. The zero-order valence-electron chi connectivity index (χ0n) is 19.0. The Balaban J connectivity index is 1.32. The van der Waals surface area contributed by atoms with Gasteiger partial charge in [-0.3, -0.25) is 4.79 Å². The van der Waals surface area contributed by atoms with Crippen LogP contribution in [0.4, 0.5) is 19.0 Å². The fraction of sp³-hybridized carbons (Fsp3) is 0.320. The minimum absolute atomic E-state index is 0.346. The van der Waals surface area contributed by atoms with E-state index in [1.807, 2.05) is 23.1 Å². The molecule has 6 nitrogen and oxygen atoms in total. The van der Waals surface area contributed by atoms with Crippen molar-refractivity contribution in [1.82, 2.24) is 15.1 Å². The van der Waals surface area contributed by atoms with Crippen molar-refractivity contribution in [2.75, 3.05) is 37.7 Å². The summed E-state index contributed by atoms with van der Waals surface area (Å²) in [7, 11) is 0. The van der Waals surface area contributed by atoms with Crippen molar-refractivity contribution in [3.8, 4) is 17.0 Å². The Hall–Kier alpha value is -3.62. The second kappa shape index (κ2) is 9.70. The largest absolute Gasteiger partial charge is 0.483 e. The molecule has 2 heterocycles. The van der Waals surface area contributed by atoms with Gasteiger partial charge in [-0.05, 0) is 55.3 Å². The monoisotopic (exact) mass is 470 g/mol. The highest BCUT2D eigenvalue weighted by Crippen LogP contribution is 2.35. The van der Waals surface area contributed by atoms with Gasteiger partial charge in [0.05, 0.1) is 11.3 Å². The summed E-state index contributed by atoms with van der Waals surface area (Å²) in [6, 6.07) is 14.9. The maximum absolute atomic E-state index is 13.1. The molecule has 0 aliphatic carbocycles. The molecule has 1 aliphatic heterocycles. The van der Waals surface area contributed by atoms with Crippen LogP contribution in [0.15, 0.2) is 54.6 Å². The molecule has 1 fully saturated rings. The van der Waals surface area contributed by atoms with E-state index in [0.717, 1.165) is 23.1 Å². The zero-order chi connectivity index (χ0) is 24.3. The van der Waals surface area contributed by atoms with Crippen molar-refractivity contribution < 1.29 is 22.7 Å². The van der Waals surface area contributed by atoms with Gasteiger partial charge in [-0.15, -0.1) is 10.2 Å². The number of hydrogen-bond acceptors (Lipinski definition) is 5. The lowest BCUT2D eigenvalue weighted by Gasteiger charge is -2.35. The topological polar surface area (TPSA) is 58.6 Å². The average Bonchev–Trinajstić information content (AvgIpc) is 2.84. The van der Waals surface area contributed by atoms with E-state index in [-0.39, 0.29) is 11.7 Å². The minimum Gasteiger partial charge on any atom is -0.483 e. The zero-order valence-corrected chi connectivity index (χ0v) is 19.0. The van der Waals surface area contributed by atoms with Crippen LogP contribution in [-0.4, -0.2) is 53.8 Å². The third-order valence-electron chi connectivity index (χ3n) is 5.95. The second-order valence-corrected chi connectivity index (χ2v) is 8.23. The third-order valence-corrected chi connectivity index (χ3v) is 5.95. The first-order valence-corrected chi connectivity index (χ1v) is 11.0. The van der Waals surface area contributed by atoms with Crippen LogP contribution in [0.3, 0.4) is 0 Å². The summed E-state index contributed by atoms with van der Waals surface area (Å²) in [6.45, 7) is 5.60. The Bertz CT molecular complexity index is 1160. The molecule has 0 radical (unpaired) electrons. The molecule has 0 spiro atoms. The van der Waals surface area contributed by atoms with Gasteiger partial charge in [-0.1, -0.05) is 24.3 Å². The van der Waals surface area contributed by atoms with E-state index < -0.39 is 18.3 Å². The Kier molecular flexibility index (Phi) is 6.72. The number of ether oxygens (including phenoxy) is 1. The number of nitrogens with zero attached hydrogens (tertiary/aromatic N) is 4. The molecule has 4 rings (SSSR count). The van der Waals surface area contributed by atoms with Crippen molar-refractivity contribution in [3.05, 3.63) is 71.3 Å². The Morgan fingerprint density at radius 2 is 1.68 bits per heavy atom. The highest BCUT2D eigenvalue weighted by Gasteiger charge is 2.34. The Morgan fingerprint density at radius 3 is 2.32 bits per heavy atom. The van der Waals surface area contributed by atoms with Gasteiger partial charge in [0.2, 0.25) is 0 Å². The van der Waals surface area contributed by atoms with Gasteiger partial charge in [0.15, 0.2) is 12.4 Å². The van der Waals surface area contributed by atoms with E-state index in [1.165, 1.54) is 29.3 Å². The number of anilines is 1. The molecule has 0 atom stereocenters. The highest BCUT2D eigenvalue weighted by atomic mass is 19.4. The normalized spacial score (nSPS) is 14.3. The molecule has 1 saturated heterocycles. The van der Waals surface area contributed by atoms with E-state index >= 15 is 0 Å². The van der Waals surface area contributed by atoms with Gasteiger partial charge in [-0.2, -0.15) is 13.2 Å². The Labute approximate surface area is 196 Å². The van der Waals surface area contributed by atoms with Crippen molar-refractivity contribution in [1.29, 1.82) is 0 Å². The fourth-order valence-electron chi connectivity index (χ4n) is 3.79. The van der Waals surface area contributed by atoms with Crippen molar-refractivity contribution >= 4 is 11.7 Å². The summed E-state index contributed by atoms with van der Waals surface area (Å²) in [4.78, 5) is 16.1. The van der Waals surface area contributed by atoms with Crippen molar-refractivity contribution in [3.63, 3.8) is 0 Å². The van der Waals surface area contributed by atoms with Crippen LogP contribution in [0.25, 0.3) is 11.3 Å². The third kappa shape index (κ3) is 5.30. The molecule has 9 heteroatoms. The maximum Gasteiger partial charge on any atom is 0.419 e. The number of carbonyl (C=O) groups excluding carboxylic acids is 1. The predicted octanol–water partition coefficient (Wildman–Crippen LogP) is 4.51. The molecule has 1 amide bonds. The molecule has 1 aliphatic rings. The van der Waals surface area contributed by atoms with E-state index in [0.29, 0.717) is 26.2 Å². The molecule has 0 N–H and O–H groups in total. The number of rotatable bonds is 5. The lowest BCUT2D eigenvalue weighted by Crippen LogP contribution is -2.50. The second-order valence-electron chi connectivity index (χ2n) is 8.23. The molecule has 0 unspecified atom stereocenters. The molecular formula is C25H25F3N4O2. The lowest BCUT2D eigenvalue weighted by atomic mass is 10.0. The van der Waals surface area contributed by atoms with Gasteiger partial charge in [0.25, 0.3) is 5.91 Å². The molecule has 178 valence electrons. The standard InChI is InChI=1S/C25H25F3N4O2/c1-17-7-8-19(15-18(17)2)21-9-10-23(30-29-21)31-11-13-32(14-12-31)24(33)16-34-22-6-4-3-5-20(22)25(26,27)28/h3-10,15H,11-14,16H2,1-2H3. The number of piperazine rings is 1. The number of hydrogen-bond donors (Lipinski definition) is 0. The summed E-state index contributed by atoms with van der Waals surface area (Å²) >= 11 is 0. The van der Waals surface area contributed by atoms with Gasteiger partial charge >= 0.3 is 6.18 Å². The smallest absolute Gasteiger partial charge is 0.419 e. The molecule has 2 aromatic carbocycles.